The van der Waals surface area contributed by atoms with Crippen molar-refractivity contribution in [1.29, 1.82) is 0 Å². The van der Waals surface area contributed by atoms with E-state index in [1.165, 1.54) is 24.3 Å². The zero-order valence-corrected chi connectivity index (χ0v) is 16.5. The number of aromatic amines is 1. The molecule has 31 heavy (non-hydrogen) atoms. The highest BCUT2D eigenvalue weighted by molar-refractivity contribution is 5.84. The van der Waals surface area contributed by atoms with Crippen LogP contribution in [0.25, 0.3) is 27.9 Å². The van der Waals surface area contributed by atoms with E-state index in [-0.39, 0.29) is 17.7 Å². The molecule has 1 unspecified atom stereocenters. The van der Waals surface area contributed by atoms with E-state index < -0.39 is 6.36 Å². The summed E-state index contributed by atoms with van der Waals surface area (Å²) in [5.41, 5.74) is 3.42. The van der Waals surface area contributed by atoms with E-state index in [4.69, 9.17) is 4.98 Å². The van der Waals surface area contributed by atoms with Gasteiger partial charge in [-0.15, -0.1) is 13.2 Å². The van der Waals surface area contributed by atoms with Crippen LogP contribution in [0.5, 0.6) is 5.75 Å². The molecule has 1 N–H and O–H groups in total. The lowest BCUT2D eigenvalue weighted by molar-refractivity contribution is -0.274. The molecular formula is C21H18F3N5O2. The number of H-pyrrole nitrogens is 1. The van der Waals surface area contributed by atoms with E-state index in [2.05, 4.69) is 14.7 Å². The Morgan fingerprint density at radius 2 is 1.97 bits per heavy atom. The Balaban J connectivity index is 1.67. The summed E-state index contributed by atoms with van der Waals surface area (Å²) in [6.45, 7) is 2.21. The first-order chi connectivity index (χ1) is 14.8. The molecule has 0 bridgehead atoms. The Bertz CT molecular complexity index is 1280. The largest absolute Gasteiger partial charge is 0.573 e. The number of fused-ring (bicyclic) bond motifs is 3. The summed E-state index contributed by atoms with van der Waals surface area (Å²) in [7, 11) is 0. The summed E-state index contributed by atoms with van der Waals surface area (Å²) in [6, 6.07) is 7.28. The molecule has 160 valence electrons. The molecule has 1 amide bonds. The van der Waals surface area contributed by atoms with Crippen LogP contribution in [0, 0.1) is 0 Å². The Morgan fingerprint density at radius 3 is 2.68 bits per heavy atom. The molecule has 0 spiro atoms. The number of nitrogens with one attached hydrogen (secondary N) is 1. The van der Waals surface area contributed by atoms with Crippen molar-refractivity contribution >= 4 is 22.6 Å². The predicted molar refractivity (Wildman–Crippen MR) is 106 cm³/mol. The molecule has 5 rings (SSSR count). The summed E-state index contributed by atoms with van der Waals surface area (Å²) >= 11 is 0. The number of halogens is 3. The SMILES string of the molecule is CC(=O)N1CCCC1c1nc(-c2ccc(OC(F)(F)F)cc2)c2cnc3[nH]ccc3n12. The summed E-state index contributed by atoms with van der Waals surface area (Å²) in [5.74, 6) is 0.388. The van der Waals surface area contributed by atoms with E-state index in [0.29, 0.717) is 34.8 Å². The van der Waals surface area contributed by atoms with Gasteiger partial charge in [0, 0.05) is 25.2 Å². The maximum atomic E-state index is 12.5. The molecule has 1 aliphatic heterocycles. The van der Waals surface area contributed by atoms with Crippen LogP contribution in [0.1, 0.15) is 31.6 Å². The number of hydrogen-bond acceptors (Lipinski definition) is 4. The van der Waals surface area contributed by atoms with Gasteiger partial charge in [0.05, 0.1) is 29.0 Å². The van der Waals surface area contributed by atoms with E-state index in [1.807, 2.05) is 10.5 Å². The lowest BCUT2D eigenvalue weighted by Crippen LogP contribution is -2.29. The number of rotatable bonds is 3. The second-order valence-electron chi connectivity index (χ2n) is 7.45. The summed E-state index contributed by atoms with van der Waals surface area (Å²) < 4.78 is 43.4. The van der Waals surface area contributed by atoms with Crippen LogP contribution in [0.3, 0.4) is 0 Å². The number of amides is 1. The molecule has 1 fully saturated rings. The predicted octanol–water partition coefficient (Wildman–Crippen LogP) is 4.46. The van der Waals surface area contributed by atoms with Crippen LogP contribution in [-0.2, 0) is 4.79 Å². The van der Waals surface area contributed by atoms with Crippen LogP contribution in [-0.4, -0.2) is 43.1 Å². The van der Waals surface area contributed by atoms with Gasteiger partial charge in [0.25, 0.3) is 0 Å². The van der Waals surface area contributed by atoms with Crippen molar-refractivity contribution < 1.29 is 22.7 Å². The minimum absolute atomic E-state index is 0.0196. The standard InChI is InChI=1S/C21H18F3N5O2/c1-12(30)28-10-2-3-16(28)20-27-18(13-4-6-14(7-5-13)31-21(22,23)24)17-11-26-19-15(29(17)20)8-9-25-19/h4-9,11,16,25H,2-3,10H2,1H3. The molecule has 10 heteroatoms. The van der Waals surface area contributed by atoms with E-state index >= 15 is 0 Å². The maximum absolute atomic E-state index is 12.5. The second-order valence-corrected chi connectivity index (χ2v) is 7.45. The first-order valence-corrected chi connectivity index (χ1v) is 9.79. The normalized spacial score (nSPS) is 17.0. The van der Waals surface area contributed by atoms with Gasteiger partial charge in [-0.2, -0.15) is 0 Å². The summed E-state index contributed by atoms with van der Waals surface area (Å²) in [4.78, 5) is 26.4. The molecule has 1 saturated heterocycles. The molecule has 0 saturated carbocycles. The van der Waals surface area contributed by atoms with Gasteiger partial charge < -0.3 is 14.6 Å². The highest BCUT2D eigenvalue weighted by Crippen LogP contribution is 2.37. The van der Waals surface area contributed by atoms with E-state index in [1.54, 1.807) is 24.2 Å². The van der Waals surface area contributed by atoms with Gasteiger partial charge in [-0.25, -0.2) is 9.97 Å². The molecule has 3 aromatic heterocycles. The molecule has 1 atom stereocenters. The van der Waals surface area contributed by atoms with Gasteiger partial charge >= 0.3 is 6.36 Å². The summed E-state index contributed by atoms with van der Waals surface area (Å²) in [5, 5.41) is 0. The molecular weight excluding hydrogens is 411 g/mol. The third kappa shape index (κ3) is 3.37. The Hall–Kier alpha value is -3.56. The van der Waals surface area contributed by atoms with Crippen LogP contribution in [0.4, 0.5) is 13.2 Å². The number of benzene rings is 1. The number of carbonyl (C=O) groups is 1. The van der Waals surface area contributed by atoms with Crippen molar-refractivity contribution in [2.75, 3.05) is 6.54 Å². The van der Waals surface area contributed by atoms with Gasteiger partial charge in [0.15, 0.2) is 5.65 Å². The number of imidazole rings is 1. The van der Waals surface area contributed by atoms with Crippen molar-refractivity contribution in [2.45, 2.75) is 32.2 Å². The number of ether oxygens (including phenoxy) is 1. The zero-order valence-electron chi connectivity index (χ0n) is 16.5. The number of likely N-dealkylation sites (tertiary alicyclic amines) is 1. The van der Waals surface area contributed by atoms with Crippen molar-refractivity contribution in [1.82, 2.24) is 24.3 Å². The average Bonchev–Trinajstić information content (AvgIpc) is 3.44. The number of aromatic nitrogens is 4. The second kappa shape index (κ2) is 7.00. The maximum Gasteiger partial charge on any atom is 0.573 e. The van der Waals surface area contributed by atoms with E-state index in [9.17, 15) is 18.0 Å². The zero-order chi connectivity index (χ0) is 21.8. The molecule has 1 aliphatic rings. The van der Waals surface area contributed by atoms with E-state index in [0.717, 1.165) is 18.4 Å². The van der Waals surface area contributed by atoms with Crippen LogP contribution < -0.4 is 4.74 Å². The topological polar surface area (TPSA) is 75.5 Å². The number of nitrogens with zero attached hydrogens (tertiary/aromatic N) is 4. The quantitative estimate of drug-likeness (QED) is 0.522. The van der Waals surface area contributed by atoms with Gasteiger partial charge in [0.2, 0.25) is 5.91 Å². The van der Waals surface area contributed by atoms with Crippen molar-refractivity contribution in [2.24, 2.45) is 0 Å². The average molecular weight is 429 g/mol. The fourth-order valence-corrected chi connectivity index (χ4v) is 4.25. The van der Waals surface area contributed by atoms with Gasteiger partial charge in [-0.05, 0) is 43.2 Å². The highest BCUT2D eigenvalue weighted by atomic mass is 19.4. The first-order valence-electron chi connectivity index (χ1n) is 9.79. The van der Waals surface area contributed by atoms with Gasteiger partial charge in [0.1, 0.15) is 11.6 Å². The smallest absolute Gasteiger partial charge is 0.406 e. The number of carbonyl (C=O) groups excluding carboxylic acids is 1. The van der Waals surface area contributed by atoms with Gasteiger partial charge in [-0.1, -0.05) is 0 Å². The molecule has 1 aromatic carbocycles. The highest BCUT2D eigenvalue weighted by Gasteiger charge is 2.33. The molecule has 0 radical (unpaired) electrons. The Morgan fingerprint density at radius 1 is 1.19 bits per heavy atom. The lowest BCUT2D eigenvalue weighted by atomic mass is 10.1. The van der Waals surface area contributed by atoms with Crippen molar-refractivity contribution in [3.8, 4) is 17.0 Å². The molecule has 0 aliphatic carbocycles. The van der Waals surface area contributed by atoms with Crippen LogP contribution in [0.15, 0.2) is 42.7 Å². The minimum Gasteiger partial charge on any atom is -0.406 e. The number of alkyl halides is 3. The fraction of sp³-hybridized carbons (Fsp3) is 0.286. The fourth-order valence-electron chi connectivity index (χ4n) is 4.25. The molecule has 4 aromatic rings. The van der Waals surface area contributed by atoms with Gasteiger partial charge in [-0.3, -0.25) is 9.20 Å². The van der Waals surface area contributed by atoms with Crippen LogP contribution in [0.2, 0.25) is 0 Å². The minimum atomic E-state index is -4.75. The Labute approximate surface area is 174 Å². The third-order valence-corrected chi connectivity index (χ3v) is 5.52. The number of hydrogen-bond donors (Lipinski definition) is 1. The van der Waals surface area contributed by atoms with Crippen LogP contribution >= 0.6 is 0 Å². The summed E-state index contributed by atoms with van der Waals surface area (Å²) in [6.07, 6.45) is 0.362. The monoisotopic (exact) mass is 429 g/mol. The van der Waals surface area contributed by atoms with Crippen molar-refractivity contribution in [3.05, 3.63) is 48.5 Å². The van der Waals surface area contributed by atoms with Crippen molar-refractivity contribution in [3.63, 3.8) is 0 Å². The first kappa shape index (κ1) is 19.4. The molecule has 7 nitrogen and oxygen atoms in total. The Kier molecular flexibility index (Phi) is 4.38. The molecule has 4 heterocycles. The third-order valence-electron chi connectivity index (χ3n) is 5.52. The lowest BCUT2D eigenvalue weighted by Gasteiger charge is -2.22.